The van der Waals surface area contributed by atoms with E-state index in [1.165, 1.54) is 19.3 Å². The van der Waals surface area contributed by atoms with E-state index in [2.05, 4.69) is 12.4 Å². The van der Waals surface area contributed by atoms with Gasteiger partial charge in [-0.2, -0.15) is 0 Å². The van der Waals surface area contributed by atoms with Crippen molar-refractivity contribution in [2.24, 2.45) is 23.7 Å². The number of rotatable bonds is 4. The fourth-order valence-electron chi connectivity index (χ4n) is 3.35. The summed E-state index contributed by atoms with van der Waals surface area (Å²) >= 11 is 0. The van der Waals surface area contributed by atoms with Gasteiger partial charge < -0.3 is 5.32 Å². The lowest BCUT2D eigenvalue weighted by atomic mass is 9.91. The van der Waals surface area contributed by atoms with E-state index in [1.54, 1.807) is 19.3 Å². The Hall–Kier alpha value is -0.0400. The molecule has 3 aliphatic carbocycles. The van der Waals surface area contributed by atoms with E-state index >= 15 is 0 Å². The second kappa shape index (κ2) is 2.98. The first-order valence-electron chi connectivity index (χ1n) is 6.04. The summed E-state index contributed by atoms with van der Waals surface area (Å²) in [5, 5.41) is 3.56. The van der Waals surface area contributed by atoms with Crippen molar-refractivity contribution in [2.75, 3.05) is 7.05 Å². The zero-order chi connectivity index (χ0) is 8.84. The Balaban J connectivity index is 1.54. The molecule has 0 heterocycles. The van der Waals surface area contributed by atoms with Crippen molar-refractivity contribution in [3.63, 3.8) is 0 Å². The zero-order valence-electron chi connectivity index (χ0n) is 8.63. The minimum Gasteiger partial charge on any atom is -0.317 e. The van der Waals surface area contributed by atoms with Gasteiger partial charge in [-0.1, -0.05) is 12.8 Å². The third kappa shape index (κ3) is 1.63. The molecule has 0 spiro atoms. The first-order valence-corrected chi connectivity index (χ1v) is 6.04. The average molecular weight is 179 g/mol. The summed E-state index contributed by atoms with van der Waals surface area (Å²) in [5.41, 5.74) is 0. The van der Waals surface area contributed by atoms with Crippen molar-refractivity contribution in [2.45, 2.75) is 44.6 Å². The Bertz CT molecular complexity index is 187. The van der Waals surface area contributed by atoms with Crippen LogP contribution in [0.5, 0.6) is 0 Å². The minimum atomic E-state index is 0.861. The van der Waals surface area contributed by atoms with Gasteiger partial charge in [-0.3, -0.25) is 0 Å². The highest BCUT2D eigenvalue weighted by Crippen LogP contribution is 2.55. The third-order valence-corrected chi connectivity index (χ3v) is 4.50. The van der Waals surface area contributed by atoms with Crippen LogP contribution in [-0.2, 0) is 0 Å². The maximum Gasteiger partial charge on any atom is 0.00951 e. The molecule has 3 unspecified atom stereocenters. The molecular weight excluding hydrogens is 158 g/mol. The maximum absolute atomic E-state index is 3.56. The smallest absolute Gasteiger partial charge is 0.00951 e. The van der Waals surface area contributed by atoms with Crippen molar-refractivity contribution < 1.29 is 0 Å². The molecule has 3 atom stereocenters. The van der Waals surface area contributed by atoms with Crippen LogP contribution < -0.4 is 5.32 Å². The predicted molar refractivity (Wildman–Crippen MR) is 54.5 cm³/mol. The molecule has 74 valence electrons. The number of nitrogens with one attached hydrogen (secondary N) is 1. The largest absolute Gasteiger partial charge is 0.317 e. The summed E-state index contributed by atoms with van der Waals surface area (Å²) in [6, 6.07) is 0.861. The Labute approximate surface area is 81.3 Å². The lowest BCUT2D eigenvalue weighted by Crippen LogP contribution is -2.33. The summed E-state index contributed by atoms with van der Waals surface area (Å²) < 4.78 is 0. The van der Waals surface area contributed by atoms with Gasteiger partial charge in [0.15, 0.2) is 0 Å². The van der Waals surface area contributed by atoms with Crippen LogP contribution in [0.3, 0.4) is 0 Å². The molecule has 3 fully saturated rings. The van der Waals surface area contributed by atoms with E-state index in [0.717, 1.165) is 29.7 Å². The molecule has 0 radical (unpaired) electrons. The highest BCUT2D eigenvalue weighted by Gasteiger charge is 2.48. The molecule has 0 aliphatic heterocycles. The van der Waals surface area contributed by atoms with Crippen LogP contribution in [0.25, 0.3) is 0 Å². The fourth-order valence-corrected chi connectivity index (χ4v) is 3.35. The van der Waals surface area contributed by atoms with Crippen LogP contribution in [0.15, 0.2) is 0 Å². The molecule has 1 nitrogen and oxygen atoms in total. The molecular formula is C12H21N. The summed E-state index contributed by atoms with van der Waals surface area (Å²) in [6.07, 6.45) is 9.15. The Morgan fingerprint density at radius 2 is 1.85 bits per heavy atom. The van der Waals surface area contributed by atoms with Crippen LogP contribution in [-0.4, -0.2) is 13.1 Å². The standard InChI is InChI=1S/C12H21N/c1-13-12(4-8-2-3-8)11-6-9-5-10(9)7-11/h8-13H,2-7H2,1H3. The van der Waals surface area contributed by atoms with Crippen LogP contribution in [0.2, 0.25) is 0 Å². The Morgan fingerprint density at radius 3 is 2.38 bits per heavy atom. The molecule has 0 bridgehead atoms. The topological polar surface area (TPSA) is 12.0 Å². The third-order valence-electron chi connectivity index (χ3n) is 4.50. The van der Waals surface area contributed by atoms with Gasteiger partial charge in [0.05, 0.1) is 0 Å². The zero-order valence-corrected chi connectivity index (χ0v) is 8.63. The summed E-state index contributed by atoms with van der Waals surface area (Å²) in [4.78, 5) is 0. The molecule has 1 N–H and O–H groups in total. The molecule has 0 aromatic carbocycles. The summed E-state index contributed by atoms with van der Waals surface area (Å²) in [7, 11) is 2.16. The predicted octanol–water partition coefficient (Wildman–Crippen LogP) is 2.42. The SMILES string of the molecule is CNC(CC1CC1)C1CC2CC2C1. The van der Waals surface area contributed by atoms with Crippen LogP contribution >= 0.6 is 0 Å². The highest BCUT2D eigenvalue weighted by molar-refractivity contribution is 4.99. The molecule has 0 saturated heterocycles. The molecule has 3 aliphatic rings. The van der Waals surface area contributed by atoms with Gasteiger partial charge in [0, 0.05) is 6.04 Å². The molecule has 3 saturated carbocycles. The van der Waals surface area contributed by atoms with Crippen LogP contribution in [0.4, 0.5) is 0 Å². The van der Waals surface area contributed by atoms with Gasteiger partial charge in [0.1, 0.15) is 0 Å². The van der Waals surface area contributed by atoms with Gasteiger partial charge in [-0.25, -0.2) is 0 Å². The van der Waals surface area contributed by atoms with Crippen molar-refractivity contribution in [1.82, 2.24) is 5.32 Å². The van der Waals surface area contributed by atoms with E-state index in [4.69, 9.17) is 0 Å². The highest BCUT2D eigenvalue weighted by atomic mass is 14.9. The van der Waals surface area contributed by atoms with Crippen molar-refractivity contribution in [3.05, 3.63) is 0 Å². The van der Waals surface area contributed by atoms with E-state index in [1.807, 2.05) is 0 Å². The molecule has 0 amide bonds. The minimum absolute atomic E-state index is 0.861. The van der Waals surface area contributed by atoms with Crippen molar-refractivity contribution in [1.29, 1.82) is 0 Å². The number of hydrogen-bond donors (Lipinski definition) is 1. The summed E-state index contributed by atoms with van der Waals surface area (Å²) in [6.45, 7) is 0. The molecule has 1 heteroatoms. The second-order valence-corrected chi connectivity index (χ2v) is 5.56. The van der Waals surface area contributed by atoms with Gasteiger partial charge in [0.25, 0.3) is 0 Å². The number of fused-ring (bicyclic) bond motifs is 1. The van der Waals surface area contributed by atoms with Crippen LogP contribution in [0, 0.1) is 23.7 Å². The molecule has 3 rings (SSSR count). The first-order chi connectivity index (χ1) is 6.36. The Kier molecular flexibility index (Phi) is 1.90. The first kappa shape index (κ1) is 8.28. The fraction of sp³-hybridized carbons (Fsp3) is 1.00. The van der Waals surface area contributed by atoms with Gasteiger partial charge >= 0.3 is 0 Å². The van der Waals surface area contributed by atoms with E-state index < -0.39 is 0 Å². The lowest BCUT2D eigenvalue weighted by molar-refractivity contribution is 0.323. The number of hydrogen-bond acceptors (Lipinski definition) is 1. The molecule has 0 aromatic rings. The van der Waals surface area contributed by atoms with E-state index in [-0.39, 0.29) is 0 Å². The maximum atomic E-state index is 3.56. The lowest BCUT2D eigenvalue weighted by Gasteiger charge is -2.24. The monoisotopic (exact) mass is 179 g/mol. The van der Waals surface area contributed by atoms with E-state index in [0.29, 0.717) is 0 Å². The van der Waals surface area contributed by atoms with Gasteiger partial charge in [0.2, 0.25) is 0 Å². The van der Waals surface area contributed by atoms with Crippen molar-refractivity contribution in [3.8, 4) is 0 Å². The molecule has 13 heavy (non-hydrogen) atoms. The van der Waals surface area contributed by atoms with Crippen LogP contribution in [0.1, 0.15) is 38.5 Å². The van der Waals surface area contributed by atoms with Gasteiger partial charge in [-0.15, -0.1) is 0 Å². The van der Waals surface area contributed by atoms with Gasteiger partial charge in [-0.05, 0) is 56.4 Å². The summed E-state index contributed by atoms with van der Waals surface area (Å²) in [5.74, 6) is 4.43. The van der Waals surface area contributed by atoms with E-state index in [9.17, 15) is 0 Å². The average Bonchev–Trinajstić information content (AvgIpc) is 3.04. The van der Waals surface area contributed by atoms with Crippen molar-refractivity contribution >= 4 is 0 Å². The quantitative estimate of drug-likeness (QED) is 0.699. The second-order valence-electron chi connectivity index (χ2n) is 5.56. The normalized spacial score (nSPS) is 44.5. The molecule has 0 aromatic heterocycles. The Morgan fingerprint density at radius 1 is 1.15 bits per heavy atom.